The van der Waals surface area contributed by atoms with E-state index in [1.165, 1.54) is 93.8 Å². The van der Waals surface area contributed by atoms with Gasteiger partial charge in [-0.25, -0.2) is 0 Å². The maximum absolute atomic E-state index is 5.32. The monoisotopic (exact) mass is 542 g/mol. The Bertz CT molecular complexity index is 884. The molecule has 0 amide bonds. The molecule has 1 N–H and O–H groups in total. The predicted octanol–water partition coefficient (Wildman–Crippen LogP) is 11.0. The van der Waals surface area contributed by atoms with Gasteiger partial charge >= 0.3 is 0 Å². The maximum Gasteiger partial charge on any atom is 0.0657 e. The molecule has 0 aliphatic heterocycles. The van der Waals surface area contributed by atoms with Crippen molar-refractivity contribution in [2.24, 2.45) is 11.0 Å². The molecule has 0 saturated carbocycles. The summed E-state index contributed by atoms with van der Waals surface area (Å²) in [6.45, 7) is 19.7. The van der Waals surface area contributed by atoms with Crippen molar-refractivity contribution in [1.82, 2.24) is 5.43 Å². The number of benzene rings is 1. The molecule has 220 valence electrons. The fraction of sp³-hybridized carbons (Fsp3) is 0.500. The van der Waals surface area contributed by atoms with Gasteiger partial charge in [0.15, 0.2) is 0 Å². The van der Waals surface area contributed by atoms with E-state index in [1.807, 2.05) is 30.4 Å². The van der Waals surface area contributed by atoms with Crippen LogP contribution in [-0.2, 0) is 6.42 Å². The second-order valence-electron chi connectivity index (χ2n) is 10.8. The normalized spacial score (nSPS) is 12.5. The first-order valence-corrected chi connectivity index (χ1v) is 15.4. The molecule has 40 heavy (non-hydrogen) atoms. The average Bonchev–Trinajstić information content (AvgIpc) is 2.96. The Hall–Kier alpha value is -3.05. The summed E-state index contributed by atoms with van der Waals surface area (Å²) in [5, 5.41) is 3.63. The van der Waals surface area contributed by atoms with Crippen LogP contribution >= 0.6 is 0 Å². The number of nitrogens with zero attached hydrogens (tertiary/aromatic N) is 1. The number of allylic oxidation sites excluding steroid dienone is 6. The van der Waals surface area contributed by atoms with Crippen molar-refractivity contribution >= 4 is 6.72 Å². The van der Waals surface area contributed by atoms with E-state index in [0.717, 1.165) is 19.3 Å². The Morgan fingerprint density at radius 3 is 2.17 bits per heavy atom. The van der Waals surface area contributed by atoms with Crippen molar-refractivity contribution in [3.05, 3.63) is 97.2 Å². The Morgan fingerprint density at radius 2 is 1.60 bits per heavy atom. The fourth-order valence-corrected chi connectivity index (χ4v) is 4.53. The average molecular weight is 543 g/mol. The van der Waals surface area contributed by atoms with Gasteiger partial charge in [0.2, 0.25) is 0 Å². The van der Waals surface area contributed by atoms with E-state index in [1.54, 1.807) is 0 Å². The molecule has 0 fully saturated rings. The Balaban J connectivity index is 0.000000968. The zero-order valence-electron chi connectivity index (χ0n) is 25.9. The standard InChI is InChI=1S/C27H44.C11H14N2/c1-6-9-10-14-17-21-25(4)22-18-15-12-11-13-16-19-23-27(8-3)24-26(5)20-7-2;1-3-11(13-12-2)9-10-7-5-4-6-8-10/h2,8,16,19-20,27H,3-4,6,9-15,17-18,21-24H2,1,5H3;3-8,11,13H,1-2,9H2/b19-16+,26-20+;. The Kier molecular flexibility index (Phi) is 25.4. The van der Waals surface area contributed by atoms with Gasteiger partial charge in [-0.2, -0.15) is 5.10 Å². The van der Waals surface area contributed by atoms with Crippen molar-refractivity contribution in [2.45, 2.75) is 116 Å². The zero-order chi connectivity index (χ0) is 29.7. The van der Waals surface area contributed by atoms with Crippen LogP contribution in [-0.4, -0.2) is 12.8 Å². The number of nitrogens with one attached hydrogen (secondary N) is 1. The lowest BCUT2D eigenvalue weighted by atomic mass is 9.96. The highest BCUT2D eigenvalue weighted by atomic mass is 15.3. The Morgan fingerprint density at radius 1 is 0.950 bits per heavy atom. The van der Waals surface area contributed by atoms with Crippen LogP contribution in [0.5, 0.6) is 0 Å². The molecule has 0 heterocycles. The third-order valence-corrected chi connectivity index (χ3v) is 6.98. The number of hydrazone groups is 1. The lowest BCUT2D eigenvalue weighted by Gasteiger charge is -2.10. The molecule has 0 aliphatic carbocycles. The molecule has 0 radical (unpaired) electrons. The molecule has 1 rings (SSSR count). The van der Waals surface area contributed by atoms with E-state index in [0.29, 0.717) is 5.92 Å². The number of rotatable bonds is 23. The summed E-state index contributed by atoms with van der Waals surface area (Å²) in [5.74, 6) is 3.10. The minimum absolute atomic E-state index is 0.167. The van der Waals surface area contributed by atoms with Crippen LogP contribution in [0, 0.1) is 18.3 Å². The Labute approximate surface area is 248 Å². The topological polar surface area (TPSA) is 24.4 Å². The molecular weight excluding hydrogens is 484 g/mol. The molecular formula is C38H58N2. The minimum atomic E-state index is 0.167. The van der Waals surface area contributed by atoms with Gasteiger partial charge in [-0.15, -0.1) is 19.6 Å². The van der Waals surface area contributed by atoms with E-state index >= 15 is 0 Å². The van der Waals surface area contributed by atoms with Gasteiger partial charge in [-0.3, -0.25) is 0 Å². The molecule has 0 saturated heterocycles. The van der Waals surface area contributed by atoms with Crippen molar-refractivity contribution in [3.63, 3.8) is 0 Å². The molecule has 0 spiro atoms. The van der Waals surface area contributed by atoms with Crippen LogP contribution in [0.15, 0.2) is 96.7 Å². The van der Waals surface area contributed by atoms with Crippen LogP contribution in [0.4, 0.5) is 0 Å². The first-order chi connectivity index (χ1) is 19.5. The van der Waals surface area contributed by atoms with Crippen molar-refractivity contribution in [3.8, 4) is 12.3 Å². The van der Waals surface area contributed by atoms with Crippen LogP contribution in [0.1, 0.15) is 109 Å². The fourth-order valence-electron chi connectivity index (χ4n) is 4.53. The van der Waals surface area contributed by atoms with Gasteiger partial charge in [0.05, 0.1) is 6.04 Å². The minimum Gasteiger partial charge on any atom is -0.303 e. The predicted molar refractivity (Wildman–Crippen MR) is 182 cm³/mol. The molecule has 0 aromatic heterocycles. The highest BCUT2D eigenvalue weighted by molar-refractivity contribution is 5.23. The number of terminal acetylenes is 1. The summed E-state index contributed by atoms with van der Waals surface area (Å²) in [6, 6.07) is 10.4. The lowest BCUT2D eigenvalue weighted by Crippen LogP contribution is -2.23. The van der Waals surface area contributed by atoms with Gasteiger partial charge in [-0.1, -0.05) is 124 Å². The van der Waals surface area contributed by atoms with E-state index < -0.39 is 0 Å². The number of hydrogen-bond donors (Lipinski definition) is 1. The van der Waals surface area contributed by atoms with E-state index in [-0.39, 0.29) is 6.04 Å². The zero-order valence-corrected chi connectivity index (χ0v) is 25.9. The molecule has 2 unspecified atom stereocenters. The summed E-state index contributed by atoms with van der Waals surface area (Å²) < 4.78 is 0. The largest absolute Gasteiger partial charge is 0.303 e. The van der Waals surface area contributed by atoms with Crippen LogP contribution in [0.2, 0.25) is 0 Å². The van der Waals surface area contributed by atoms with Gasteiger partial charge in [0, 0.05) is 6.72 Å². The van der Waals surface area contributed by atoms with Gasteiger partial charge in [0.1, 0.15) is 0 Å². The highest BCUT2D eigenvalue weighted by Gasteiger charge is 2.03. The van der Waals surface area contributed by atoms with E-state index in [2.05, 4.69) is 87.1 Å². The summed E-state index contributed by atoms with van der Waals surface area (Å²) in [7, 11) is 0. The maximum atomic E-state index is 5.32. The molecule has 1 aromatic rings. The summed E-state index contributed by atoms with van der Waals surface area (Å²) in [4.78, 5) is 0. The highest BCUT2D eigenvalue weighted by Crippen LogP contribution is 2.18. The quantitative estimate of drug-likeness (QED) is 0.0480. The van der Waals surface area contributed by atoms with Crippen LogP contribution < -0.4 is 5.43 Å². The molecule has 0 aliphatic rings. The lowest BCUT2D eigenvalue weighted by molar-refractivity contribution is 0.605. The van der Waals surface area contributed by atoms with Gasteiger partial charge in [-0.05, 0) is 82.3 Å². The number of unbranched alkanes of at least 4 members (excludes halogenated alkanes) is 8. The molecule has 2 heteroatoms. The molecule has 2 atom stereocenters. The third-order valence-electron chi connectivity index (χ3n) is 6.98. The smallest absolute Gasteiger partial charge is 0.0657 e. The van der Waals surface area contributed by atoms with Gasteiger partial charge < -0.3 is 5.43 Å². The second-order valence-corrected chi connectivity index (χ2v) is 10.8. The third kappa shape index (κ3) is 22.9. The van der Waals surface area contributed by atoms with Crippen molar-refractivity contribution in [1.29, 1.82) is 0 Å². The van der Waals surface area contributed by atoms with Crippen molar-refractivity contribution in [2.75, 3.05) is 0 Å². The summed E-state index contributed by atoms with van der Waals surface area (Å²) >= 11 is 0. The summed E-state index contributed by atoms with van der Waals surface area (Å²) in [6.07, 6.45) is 34.5. The summed E-state index contributed by atoms with van der Waals surface area (Å²) in [5.41, 5.74) is 6.87. The van der Waals surface area contributed by atoms with Crippen molar-refractivity contribution < 1.29 is 0 Å². The van der Waals surface area contributed by atoms with Crippen LogP contribution in [0.3, 0.4) is 0 Å². The first kappa shape index (κ1) is 37.0. The van der Waals surface area contributed by atoms with E-state index in [4.69, 9.17) is 6.42 Å². The first-order valence-electron chi connectivity index (χ1n) is 15.4. The second kappa shape index (κ2) is 27.5. The molecule has 2 nitrogen and oxygen atoms in total. The number of hydrogen-bond acceptors (Lipinski definition) is 2. The molecule has 0 bridgehead atoms. The SMILES string of the molecule is C#C/C=C(\C)CC(C=C)C/C=C/CCCCCCC(=C)CCCCCCC.C=CC(Cc1ccccc1)NN=C. The van der Waals surface area contributed by atoms with E-state index in [9.17, 15) is 0 Å². The van der Waals surface area contributed by atoms with Crippen LogP contribution in [0.25, 0.3) is 0 Å². The van der Waals surface area contributed by atoms with Gasteiger partial charge in [0.25, 0.3) is 0 Å². The molecule has 1 aromatic carbocycles.